The zero-order valence-corrected chi connectivity index (χ0v) is 8.42. The van der Waals surface area contributed by atoms with Gasteiger partial charge in [-0.1, -0.05) is 35.5 Å². The van der Waals surface area contributed by atoms with Crippen molar-refractivity contribution < 1.29 is 9.90 Å². The quantitative estimate of drug-likeness (QED) is 0.675. The van der Waals surface area contributed by atoms with E-state index in [1.807, 2.05) is 32.9 Å². The highest BCUT2D eigenvalue weighted by molar-refractivity contribution is 5.70. The van der Waals surface area contributed by atoms with E-state index in [1.165, 1.54) is 0 Å². The van der Waals surface area contributed by atoms with E-state index in [4.69, 9.17) is 5.11 Å². The van der Waals surface area contributed by atoms with Crippen LogP contribution in [0.5, 0.6) is 0 Å². The first-order valence-corrected chi connectivity index (χ1v) is 4.14. The fraction of sp³-hybridized carbons (Fsp3) is 0.364. The van der Waals surface area contributed by atoms with Crippen LogP contribution in [0.1, 0.15) is 27.2 Å². The molecular weight excluding hydrogens is 164 g/mol. The fourth-order valence-electron chi connectivity index (χ4n) is 1.11. The fourth-order valence-corrected chi connectivity index (χ4v) is 1.11. The molecule has 1 N–H and O–H groups in total. The maximum absolute atomic E-state index is 10.3. The van der Waals surface area contributed by atoms with Gasteiger partial charge < -0.3 is 5.11 Å². The second-order valence-electron chi connectivity index (χ2n) is 3.30. The lowest BCUT2D eigenvalue weighted by atomic mass is 10.1. The largest absolute Gasteiger partial charge is 0.481 e. The van der Waals surface area contributed by atoms with Crippen LogP contribution in [0.4, 0.5) is 0 Å². The van der Waals surface area contributed by atoms with Gasteiger partial charge in [0.05, 0.1) is 6.42 Å². The molecule has 0 aliphatic carbocycles. The molecule has 0 rings (SSSR count). The Morgan fingerprint density at radius 1 is 1.31 bits per heavy atom. The van der Waals surface area contributed by atoms with E-state index in [9.17, 15) is 4.79 Å². The van der Waals surface area contributed by atoms with Crippen molar-refractivity contribution in [2.45, 2.75) is 27.2 Å². The van der Waals surface area contributed by atoms with Crippen molar-refractivity contribution in [1.29, 1.82) is 0 Å². The van der Waals surface area contributed by atoms with E-state index >= 15 is 0 Å². The van der Waals surface area contributed by atoms with Crippen molar-refractivity contribution >= 4 is 5.97 Å². The second-order valence-corrected chi connectivity index (χ2v) is 3.30. The zero-order chi connectivity index (χ0) is 10.4. The molecule has 0 aromatic carbocycles. The normalized spacial score (nSPS) is 12.8. The summed E-state index contributed by atoms with van der Waals surface area (Å²) in [4.78, 5) is 10.3. The third kappa shape index (κ3) is 7.06. The van der Waals surface area contributed by atoms with Gasteiger partial charge in [0.1, 0.15) is 0 Å². The van der Waals surface area contributed by atoms with Gasteiger partial charge in [0.15, 0.2) is 0 Å². The van der Waals surface area contributed by atoms with E-state index in [2.05, 4.69) is 6.58 Å². The summed E-state index contributed by atoms with van der Waals surface area (Å²) in [5.74, 6) is -0.795. The standard InChI is InChI=1S/C11H16O2/c1-8(2)5-9(3)6-10(4)7-11(12)13/h5-6H,1,7H2,2-4H3,(H,12,13)/b9-5-,10-6+. The lowest BCUT2D eigenvalue weighted by molar-refractivity contribution is -0.136. The molecule has 0 bridgehead atoms. The van der Waals surface area contributed by atoms with Crippen LogP contribution in [-0.2, 0) is 4.79 Å². The van der Waals surface area contributed by atoms with E-state index < -0.39 is 5.97 Å². The van der Waals surface area contributed by atoms with Crippen LogP contribution in [0.15, 0.2) is 35.5 Å². The van der Waals surface area contributed by atoms with Gasteiger partial charge in [-0.25, -0.2) is 0 Å². The Balaban J connectivity index is 4.38. The Bertz CT molecular complexity index is 270. The minimum absolute atomic E-state index is 0.0986. The molecule has 0 amide bonds. The molecule has 0 unspecified atom stereocenters. The molecule has 0 saturated carbocycles. The lowest BCUT2D eigenvalue weighted by Gasteiger charge is -1.97. The summed E-state index contributed by atoms with van der Waals surface area (Å²) in [6.07, 6.45) is 3.88. The molecule has 0 aliphatic rings. The van der Waals surface area contributed by atoms with Crippen LogP contribution in [0.3, 0.4) is 0 Å². The van der Waals surface area contributed by atoms with Crippen molar-refractivity contribution in [3.8, 4) is 0 Å². The molecule has 13 heavy (non-hydrogen) atoms. The number of hydrogen-bond donors (Lipinski definition) is 1. The minimum atomic E-state index is -0.795. The van der Waals surface area contributed by atoms with Crippen LogP contribution in [0.2, 0.25) is 0 Å². The van der Waals surface area contributed by atoms with Gasteiger partial charge in [0, 0.05) is 0 Å². The van der Waals surface area contributed by atoms with Gasteiger partial charge in [-0.2, -0.15) is 0 Å². The molecule has 2 heteroatoms. The smallest absolute Gasteiger partial charge is 0.307 e. The average Bonchev–Trinajstić information content (AvgIpc) is 1.80. The maximum atomic E-state index is 10.3. The van der Waals surface area contributed by atoms with E-state index in [1.54, 1.807) is 0 Å². The number of carbonyl (C=O) groups is 1. The Kier molecular flexibility index (Phi) is 4.82. The average molecular weight is 180 g/mol. The molecule has 2 nitrogen and oxygen atoms in total. The van der Waals surface area contributed by atoms with Gasteiger partial charge in [-0.05, 0) is 20.8 Å². The van der Waals surface area contributed by atoms with Crippen molar-refractivity contribution in [1.82, 2.24) is 0 Å². The summed E-state index contributed by atoms with van der Waals surface area (Å²) < 4.78 is 0. The maximum Gasteiger partial charge on any atom is 0.307 e. The molecule has 0 fully saturated rings. The SMILES string of the molecule is C=C(C)/C=C(C)\C=C(/C)CC(=O)O. The van der Waals surface area contributed by atoms with E-state index in [0.717, 1.165) is 16.7 Å². The van der Waals surface area contributed by atoms with Gasteiger partial charge in [0.25, 0.3) is 0 Å². The van der Waals surface area contributed by atoms with Crippen LogP contribution < -0.4 is 0 Å². The van der Waals surface area contributed by atoms with Gasteiger partial charge in [-0.3, -0.25) is 4.79 Å². The first-order chi connectivity index (χ1) is 5.91. The first kappa shape index (κ1) is 11.7. The predicted molar refractivity (Wildman–Crippen MR) is 54.6 cm³/mol. The second kappa shape index (κ2) is 5.36. The van der Waals surface area contributed by atoms with E-state index in [-0.39, 0.29) is 6.42 Å². The van der Waals surface area contributed by atoms with Crippen LogP contribution >= 0.6 is 0 Å². The Hall–Kier alpha value is -1.31. The van der Waals surface area contributed by atoms with Gasteiger partial charge in [0.2, 0.25) is 0 Å². The monoisotopic (exact) mass is 180 g/mol. The summed E-state index contributed by atoms with van der Waals surface area (Å²) in [7, 11) is 0. The number of allylic oxidation sites excluding steroid dienone is 4. The third-order valence-electron chi connectivity index (χ3n) is 1.38. The molecule has 0 atom stereocenters. The number of rotatable bonds is 4. The molecule has 0 aromatic heterocycles. The van der Waals surface area contributed by atoms with Crippen molar-refractivity contribution in [3.05, 3.63) is 35.5 Å². The predicted octanol–water partition coefficient (Wildman–Crippen LogP) is 2.93. The number of carboxylic acids is 1. The highest BCUT2D eigenvalue weighted by Gasteiger charge is 1.97. The number of carboxylic acid groups (broad SMARTS) is 1. The zero-order valence-electron chi connectivity index (χ0n) is 8.42. The topological polar surface area (TPSA) is 37.3 Å². The highest BCUT2D eigenvalue weighted by Crippen LogP contribution is 2.07. The Morgan fingerprint density at radius 2 is 1.85 bits per heavy atom. The molecule has 0 radical (unpaired) electrons. The summed E-state index contributed by atoms with van der Waals surface area (Å²) >= 11 is 0. The van der Waals surface area contributed by atoms with Crippen LogP contribution in [0, 0.1) is 0 Å². The molecule has 0 saturated heterocycles. The molecular formula is C11H16O2. The number of aliphatic carboxylic acids is 1. The third-order valence-corrected chi connectivity index (χ3v) is 1.38. The molecule has 0 heterocycles. The molecule has 0 aromatic rings. The number of hydrogen-bond acceptors (Lipinski definition) is 1. The van der Waals surface area contributed by atoms with Crippen LogP contribution in [0.25, 0.3) is 0 Å². The van der Waals surface area contributed by atoms with E-state index in [0.29, 0.717) is 0 Å². The Labute approximate surface area is 79.3 Å². The summed E-state index contributed by atoms with van der Waals surface area (Å²) in [6.45, 7) is 9.39. The lowest BCUT2D eigenvalue weighted by Crippen LogP contribution is -1.94. The first-order valence-electron chi connectivity index (χ1n) is 4.14. The van der Waals surface area contributed by atoms with Gasteiger partial charge in [-0.15, -0.1) is 0 Å². The van der Waals surface area contributed by atoms with Crippen molar-refractivity contribution in [3.63, 3.8) is 0 Å². The molecule has 72 valence electrons. The summed E-state index contributed by atoms with van der Waals surface area (Å²) in [6, 6.07) is 0. The molecule has 0 aliphatic heterocycles. The Morgan fingerprint density at radius 3 is 2.23 bits per heavy atom. The van der Waals surface area contributed by atoms with Crippen molar-refractivity contribution in [2.75, 3.05) is 0 Å². The minimum Gasteiger partial charge on any atom is -0.481 e. The highest BCUT2D eigenvalue weighted by atomic mass is 16.4. The summed E-state index contributed by atoms with van der Waals surface area (Å²) in [5, 5.41) is 8.50. The summed E-state index contributed by atoms with van der Waals surface area (Å²) in [5.41, 5.74) is 2.85. The van der Waals surface area contributed by atoms with Crippen LogP contribution in [-0.4, -0.2) is 11.1 Å². The molecule has 0 spiro atoms. The van der Waals surface area contributed by atoms with Gasteiger partial charge >= 0.3 is 5.97 Å². The van der Waals surface area contributed by atoms with Crippen molar-refractivity contribution in [2.24, 2.45) is 0 Å².